The van der Waals surface area contributed by atoms with Crippen LogP contribution in [-0.2, 0) is 6.42 Å². The summed E-state index contributed by atoms with van der Waals surface area (Å²) < 4.78 is 4.99. The van der Waals surface area contributed by atoms with Gasteiger partial charge in [0.1, 0.15) is 0 Å². The Morgan fingerprint density at radius 2 is 0.855 bits per heavy atom. The maximum atomic E-state index is 5.22. The summed E-state index contributed by atoms with van der Waals surface area (Å²) in [6.07, 6.45) is 6.73. The molecular weight excluding hydrogens is 755 g/mol. The third-order valence-electron chi connectivity index (χ3n) is 12.2. The lowest BCUT2D eigenvalue weighted by Crippen LogP contribution is -2.04. The van der Waals surface area contributed by atoms with E-state index in [1.807, 2.05) is 36.4 Å². The number of aryl methyl sites for hydroxylation is 1. The van der Waals surface area contributed by atoms with Gasteiger partial charge in [-0.15, -0.1) is 0 Å². The molecule has 0 saturated heterocycles. The van der Waals surface area contributed by atoms with Crippen LogP contribution in [0, 0.1) is 0 Å². The molecule has 0 bridgehead atoms. The van der Waals surface area contributed by atoms with Crippen molar-refractivity contribution < 1.29 is 0 Å². The Labute approximate surface area is 359 Å². The minimum atomic E-state index is 0.612. The first-order chi connectivity index (χ1) is 30.8. The van der Waals surface area contributed by atoms with Crippen LogP contribution in [0.2, 0.25) is 0 Å². The maximum Gasteiger partial charge on any atom is 0.164 e. The summed E-state index contributed by atoms with van der Waals surface area (Å²) >= 11 is 0. The van der Waals surface area contributed by atoms with Crippen LogP contribution in [-0.4, -0.2) is 24.1 Å². The van der Waals surface area contributed by atoms with Crippen LogP contribution in [0.4, 0.5) is 0 Å². The molecule has 0 saturated carbocycles. The number of rotatable bonds is 7. The fourth-order valence-electron chi connectivity index (χ4n) is 9.49. The molecule has 5 nitrogen and oxygen atoms in total. The molecule has 3 heterocycles. The topological polar surface area (TPSA) is 48.5 Å². The Balaban J connectivity index is 1.19. The number of aromatic nitrogens is 5. The molecule has 292 valence electrons. The molecule has 5 heteroatoms. The average Bonchev–Trinajstić information content (AvgIpc) is 3.87. The van der Waals surface area contributed by atoms with Crippen LogP contribution in [0.3, 0.4) is 0 Å². The number of para-hydroxylation sites is 2. The van der Waals surface area contributed by atoms with Gasteiger partial charge in [0.05, 0.1) is 27.9 Å². The average molecular weight is 794 g/mol. The number of hydrogen-bond acceptors (Lipinski definition) is 3. The zero-order chi connectivity index (χ0) is 41.0. The first-order valence-electron chi connectivity index (χ1n) is 21.3. The van der Waals surface area contributed by atoms with E-state index < -0.39 is 0 Å². The second kappa shape index (κ2) is 14.8. The normalized spacial score (nSPS) is 12.3. The fraction of sp³-hybridized carbons (Fsp3) is 0.0351. The van der Waals surface area contributed by atoms with Crippen molar-refractivity contribution in [1.29, 1.82) is 0 Å². The molecule has 3 aromatic heterocycles. The van der Waals surface area contributed by atoms with Gasteiger partial charge in [0.25, 0.3) is 0 Å². The molecule has 0 radical (unpaired) electrons. The third kappa shape index (κ3) is 5.89. The SMILES string of the molecule is C1=Cc2c(c3ccccc3n2-c2cccc3c2c2ccccc2n3-c2c(-c3ccccc3)cc(-c3nc(-c4ccccc4)nc(-c4ccccc4)n3)cc2-c2ccccc2)CC1. The number of benzene rings is 8. The predicted octanol–water partition coefficient (Wildman–Crippen LogP) is 14.2. The molecule has 0 aliphatic heterocycles. The van der Waals surface area contributed by atoms with Gasteiger partial charge in [-0.3, -0.25) is 0 Å². The highest BCUT2D eigenvalue weighted by Crippen LogP contribution is 2.46. The Bertz CT molecular complexity index is 3370. The van der Waals surface area contributed by atoms with Gasteiger partial charge < -0.3 is 9.13 Å². The minimum absolute atomic E-state index is 0.612. The summed E-state index contributed by atoms with van der Waals surface area (Å²) in [6.45, 7) is 0. The number of fused-ring (bicyclic) bond motifs is 6. The first-order valence-corrected chi connectivity index (χ1v) is 21.3. The molecule has 1 aliphatic rings. The standard InChI is InChI=1S/C57H39N5/c1-5-20-38(21-6-1)46-36-42(57-59-55(40-24-9-3-10-25-40)58-56(60-57)41-26-11-4-12-27-41)37-47(39-22-7-2-8-23-39)54(46)62-50-33-18-15-30-45(50)53-51(34-19-35-52(53)62)61-48-31-16-13-28-43(48)44-29-14-17-32-49(44)61/h1-13,15-28,30-37H,14,29H2. The largest absolute Gasteiger partial charge is 0.309 e. The van der Waals surface area contributed by atoms with Crippen molar-refractivity contribution in [3.05, 3.63) is 218 Å². The summed E-state index contributed by atoms with van der Waals surface area (Å²) in [5, 5.41) is 3.74. The molecule has 0 atom stereocenters. The van der Waals surface area contributed by atoms with Crippen LogP contribution in [0.1, 0.15) is 17.7 Å². The van der Waals surface area contributed by atoms with Gasteiger partial charge in [-0.2, -0.15) is 0 Å². The monoisotopic (exact) mass is 793 g/mol. The quantitative estimate of drug-likeness (QED) is 0.161. The van der Waals surface area contributed by atoms with E-state index in [9.17, 15) is 0 Å². The van der Waals surface area contributed by atoms with E-state index in [4.69, 9.17) is 15.0 Å². The van der Waals surface area contributed by atoms with Crippen molar-refractivity contribution in [3.8, 4) is 67.8 Å². The fourth-order valence-corrected chi connectivity index (χ4v) is 9.49. The second-order valence-electron chi connectivity index (χ2n) is 15.9. The molecule has 0 N–H and O–H groups in total. The highest BCUT2D eigenvalue weighted by Gasteiger charge is 2.26. The smallest absolute Gasteiger partial charge is 0.164 e. The zero-order valence-electron chi connectivity index (χ0n) is 33.9. The number of nitrogens with zero attached hydrogens (tertiary/aromatic N) is 5. The van der Waals surface area contributed by atoms with Crippen molar-refractivity contribution in [1.82, 2.24) is 24.1 Å². The molecule has 0 unspecified atom stereocenters. The van der Waals surface area contributed by atoms with Crippen LogP contribution in [0.15, 0.2) is 206 Å². The Morgan fingerprint density at radius 1 is 0.387 bits per heavy atom. The lowest BCUT2D eigenvalue weighted by molar-refractivity contribution is 0.970. The third-order valence-corrected chi connectivity index (χ3v) is 12.2. The van der Waals surface area contributed by atoms with Crippen LogP contribution in [0.5, 0.6) is 0 Å². The van der Waals surface area contributed by atoms with Gasteiger partial charge in [-0.1, -0.05) is 170 Å². The molecule has 62 heavy (non-hydrogen) atoms. The summed E-state index contributed by atoms with van der Waals surface area (Å²) in [7, 11) is 0. The number of hydrogen-bond donors (Lipinski definition) is 0. The molecule has 0 fully saturated rings. The van der Waals surface area contributed by atoms with E-state index in [0.717, 1.165) is 68.5 Å². The molecule has 12 rings (SSSR count). The van der Waals surface area contributed by atoms with Crippen LogP contribution >= 0.6 is 0 Å². The second-order valence-corrected chi connectivity index (χ2v) is 15.9. The first kappa shape index (κ1) is 35.8. The Hall–Kier alpha value is -8.15. The molecule has 8 aromatic carbocycles. The van der Waals surface area contributed by atoms with E-state index in [-0.39, 0.29) is 0 Å². The van der Waals surface area contributed by atoms with Crippen LogP contribution < -0.4 is 0 Å². The summed E-state index contributed by atoms with van der Waals surface area (Å²) in [5.41, 5.74) is 15.6. The van der Waals surface area contributed by atoms with Crippen molar-refractivity contribution in [3.63, 3.8) is 0 Å². The lowest BCUT2D eigenvalue weighted by atomic mass is 9.92. The molecule has 11 aromatic rings. The van der Waals surface area contributed by atoms with Crippen molar-refractivity contribution in [2.24, 2.45) is 0 Å². The lowest BCUT2D eigenvalue weighted by Gasteiger charge is -2.21. The summed E-state index contributed by atoms with van der Waals surface area (Å²) in [5.74, 6) is 1.87. The van der Waals surface area contributed by atoms with Gasteiger partial charge in [0.2, 0.25) is 0 Å². The number of allylic oxidation sites excluding steroid dienone is 1. The van der Waals surface area contributed by atoms with Crippen molar-refractivity contribution in [2.45, 2.75) is 12.8 Å². The zero-order valence-corrected chi connectivity index (χ0v) is 33.9. The van der Waals surface area contributed by atoms with E-state index in [1.165, 1.54) is 38.6 Å². The summed E-state index contributed by atoms with van der Waals surface area (Å²) in [4.78, 5) is 15.5. The minimum Gasteiger partial charge on any atom is -0.309 e. The van der Waals surface area contributed by atoms with E-state index in [2.05, 4.69) is 185 Å². The van der Waals surface area contributed by atoms with Crippen molar-refractivity contribution >= 4 is 38.8 Å². The van der Waals surface area contributed by atoms with Gasteiger partial charge in [0.15, 0.2) is 17.5 Å². The highest BCUT2D eigenvalue weighted by molar-refractivity contribution is 6.15. The van der Waals surface area contributed by atoms with Crippen molar-refractivity contribution in [2.75, 3.05) is 0 Å². The molecule has 1 aliphatic carbocycles. The van der Waals surface area contributed by atoms with E-state index >= 15 is 0 Å². The molecule has 0 spiro atoms. The van der Waals surface area contributed by atoms with E-state index in [0.29, 0.717) is 17.5 Å². The molecule has 0 amide bonds. The van der Waals surface area contributed by atoms with E-state index in [1.54, 1.807) is 0 Å². The van der Waals surface area contributed by atoms with Gasteiger partial charge in [-0.25, -0.2) is 15.0 Å². The highest BCUT2D eigenvalue weighted by atomic mass is 15.0. The van der Waals surface area contributed by atoms with Gasteiger partial charge in [0, 0.05) is 49.7 Å². The molecular formula is C57H39N5. The Kier molecular flexibility index (Phi) is 8.56. The van der Waals surface area contributed by atoms with Gasteiger partial charge in [-0.05, 0) is 72.0 Å². The summed E-state index contributed by atoms with van der Waals surface area (Å²) in [6, 6.07) is 71.0. The van der Waals surface area contributed by atoms with Gasteiger partial charge >= 0.3 is 0 Å². The predicted molar refractivity (Wildman–Crippen MR) is 256 cm³/mol. The maximum absolute atomic E-state index is 5.22. The Morgan fingerprint density at radius 3 is 1.44 bits per heavy atom. The van der Waals surface area contributed by atoms with Crippen LogP contribution in [0.25, 0.3) is 107 Å².